The highest BCUT2D eigenvalue weighted by atomic mass is 16.5. The van der Waals surface area contributed by atoms with Gasteiger partial charge in [-0.05, 0) is 80.4 Å². The van der Waals surface area contributed by atoms with Crippen molar-refractivity contribution in [3.63, 3.8) is 0 Å². The number of aryl methyl sites for hydroxylation is 3. The normalized spacial score (nSPS) is 11.0. The van der Waals surface area contributed by atoms with Crippen molar-refractivity contribution in [2.24, 2.45) is 5.10 Å². The number of nitrogens with zero attached hydrogens (tertiary/aromatic N) is 3. The fourth-order valence-corrected chi connectivity index (χ4v) is 3.39. The smallest absolute Gasteiger partial charge is 0.290 e. The second kappa shape index (κ2) is 9.99. The summed E-state index contributed by atoms with van der Waals surface area (Å²) in [5, 5.41) is 6.84. The number of carbonyl (C=O) groups is 2. The zero-order chi connectivity index (χ0) is 24.1. The highest BCUT2D eigenvalue weighted by Crippen LogP contribution is 2.14. The van der Waals surface area contributed by atoms with Crippen LogP contribution in [0.2, 0.25) is 0 Å². The number of rotatable bonds is 7. The van der Waals surface area contributed by atoms with Gasteiger partial charge in [0.05, 0.1) is 11.9 Å². The minimum atomic E-state index is -0.343. The lowest BCUT2D eigenvalue weighted by atomic mass is 10.2. The van der Waals surface area contributed by atoms with Crippen LogP contribution in [0.15, 0.2) is 72.0 Å². The third-order valence-electron chi connectivity index (χ3n) is 5.14. The summed E-state index contributed by atoms with van der Waals surface area (Å²) in [5.41, 5.74) is 8.02. The number of pyridine rings is 1. The van der Waals surface area contributed by atoms with Crippen molar-refractivity contribution in [1.82, 2.24) is 14.8 Å². The zero-order valence-electron chi connectivity index (χ0n) is 19.2. The van der Waals surface area contributed by atoms with E-state index in [1.54, 1.807) is 35.6 Å². The molecular formula is C26H25N5O3. The quantitative estimate of drug-likeness (QED) is 0.325. The maximum atomic E-state index is 12.6. The van der Waals surface area contributed by atoms with Crippen molar-refractivity contribution in [3.05, 3.63) is 94.9 Å². The number of hydrazone groups is 1. The van der Waals surface area contributed by atoms with Crippen molar-refractivity contribution in [1.29, 1.82) is 0 Å². The number of benzene rings is 2. The number of fused-ring (bicyclic) bond motifs is 1. The van der Waals surface area contributed by atoms with E-state index in [9.17, 15) is 9.59 Å². The first-order valence-electron chi connectivity index (χ1n) is 10.8. The minimum absolute atomic E-state index is 0.102. The van der Waals surface area contributed by atoms with E-state index in [0.29, 0.717) is 17.1 Å². The van der Waals surface area contributed by atoms with E-state index >= 15 is 0 Å². The molecule has 0 unspecified atom stereocenters. The van der Waals surface area contributed by atoms with E-state index in [4.69, 9.17) is 4.74 Å². The average molecular weight is 456 g/mol. The van der Waals surface area contributed by atoms with E-state index in [2.05, 4.69) is 20.8 Å². The number of ether oxygens (including phenoxy) is 1. The Bertz CT molecular complexity index is 1360. The number of nitrogens with one attached hydrogen (secondary N) is 2. The van der Waals surface area contributed by atoms with Crippen LogP contribution in [0.3, 0.4) is 0 Å². The molecule has 34 heavy (non-hydrogen) atoms. The van der Waals surface area contributed by atoms with Crippen molar-refractivity contribution < 1.29 is 14.3 Å². The van der Waals surface area contributed by atoms with Gasteiger partial charge >= 0.3 is 0 Å². The molecule has 4 aromatic rings. The zero-order valence-corrected chi connectivity index (χ0v) is 19.2. The first kappa shape index (κ1) is 22.7. The fourth-order valence-electron chi connectivity index (χ4n) is 3.39. The summed E-state index contributed by atoms with van der Waals surface area (Å²) in [5.74, 6) is -0.0309. The summed E-state index contributed by atoms with van der Waals surface area (Å²) in [6, 6.07) is 18.4. The largest absolute Gasteiger partial charge is 0.484 e. The van der Waals surface area contributed by atoms with Crippen molar-refractivity contribution in [2.75, 3.05) is 11.9 Å². The Kier molecular flexibility index (Phi) is 6.68. The molecule has 8 heteroatoms. The molecular weight excluding hydrogens is 430 g/mol. The van der Waals surface area contributed by atoms with Crippen LogP contribution in [0.25, 0.3) is 5.65 Å². The molecule has 0 radical (unpaired) electrons. The van der Waals surface area contributed by atoms with E-state index in [1.165, 1.54) is 6.21 Å². The Morgan fingerprint density at radius 1 is 1.00 bits per heavy atom. The first-order valence-corrected chi connectivity index (χ1v) is 10.8. The van der Waals surface area contributed by atoms with Gasteiger partial charge < -0.3 is 10.1 Å². The van der Waals surface area contributed by atoms with Gasteiger partial charge in [-0.3, -0.25) is 14.0 Å². The maximum absolute atomic E-state index is 12.6. The number of anilines is 1. The van der Waals surface area contributed by atoms with Crippen molar-refractivity contribution in [3.8, 4) is 5.75 Å². The van der Waals surface area contributed by atoms with Gasteiger partial charge in [-0.25, -0.2) is 10.4 Å². The molecule has 0 bridgehead atoms. The monoisotopic (exact) mass is 455 g/mol. The maximum Gasteiger partial charge on any atom is 0.290 e. The number of hydrogen-bond donors (Lipinski definition) is 2. The fraction of sp³-hybridized carbons (Fsp3) is 0.154. The molecule has 2 heterocycles. The molecule has 0 saturated heterocycles. The molecule has 172 valence electrons. The van der Waals surface area contributed by atoms with Crippen molar-refractivity contribution >= 4 is 29.4 Å². The third kappa shape index (κ3) is 5.47. The van der Waals surface area contributed by atoms with E-state index in [-0.39, 0.29) is 18.4 Å². The van der Waals surface area contributed by atoms with Crippen LogP contribution < -0.4 is 15.5 Å². The molecule has 2 N–H and O–H groups in total. The predicted octanol–water partition coefficient (Wildman–Crippen LogP) is 4.04. The second-order valence-electron chi connectivity index (χ2n) is 7.95. The third-order valence-corrected chi connectivity index (χ3v) is 5.14. The molecule has 0 aliphatic carbocycles. The summed E-state index contributed by atoms with van der Waals surface area (Å²) < 4.78 is 7.28. The topological polar surface area (TPSA) is 97.1 Å². The van der Waals surface area contributed by atoms with Crippen LogP contribution in [0.1, 0.15) is 32.9 Å². The summed E-state index contributed by atoms with van der Waals surface area (Å²) in [4.78, 5) is 29.1. The Hall–Kier alpha value is -4.46. The van der Waals surface area contributed by atoms with Crippen LogP contribution in [0, 0.1) is 20.8 Å². The SMILES string of the molecule is Cc1ccc(NC(=O)COc2ccc(/C=N\NC(=O)c3c(C)nc4cc(C)ccn34)cc2)cc1. The molecule has 0 spiro atoms. The van der Waals surface area contributed by atoms with Gasteiger partial charge in [-0.1, -0.05) is 17.7 Å². The summed E-state index contributed by atoms with van der Waals surface area (Å²) in [6.45, 7) is 5.65. The van der Waals surface area contributed by atoms with Crippen molar-refractivity contribution in [2.45, 2.75) is 20.8 Å². The molecule has 2 aromatic heterocycles. The Morgan fingerprint density at radius 3 is 2.47 bits per heavy atom. The van der Waals surface area contributed by atoms with Crippen LogP contribution in [0.4, 0.5) is 5.69 Å². The summed E-state index contributed by atoms with van der Waals surface area (Å²) in [6.07, 6.45) is 3.36. The number of carbonyl (C=O) groups excluding carboxylic acids is 2. The molecule has 0 atom stereocenters. The number of imidazole rings is 1. The van der Waals surface area contributed by atoms with Gasteiger partial charge in [0.15, 0.2) is 6.61 Å². The Labute approximate surface area is 197 Å². The van der Waals surface area contributed by atoms with Gasteiger partial charge in [0.25, 0.3) is 11.8 Å². The summed E-state index contributed by atoms with van der Waals surface area (Å²) >= 11 is 0. The molecule has 0 fully saturated rings. The molecule has 2 aromatic carbocycles. The number of amides is 2. The lowest BCUT2D eigenvalue weighted by Crippen LogP contribution is -2.20. The van der Waals surface area contributed by atoms with E-state index < -0.39 is 0 Å². The predicted molar refractivity (Wildman–Crippen MR) is 131 cm³/mol. The van der Waals surface area contributed by atoms with E-state index in [1.807, 2.05) is 56.4 Å². The lowest BCUT2D eigenvalue weighted by Gasteiger charge is -2.08. The van der Waals surface area contributed by atoms with Crippen LogP contribution in [0.5, 0.6) is 5.75 Å². The number of hydrogen-bond acceptors (Lipinski definition) is 5. The molecule has 2 amide bonds. The van der Waals surface area contributed by atoms with Crippen LogP contribution in [-0.2, 0) is 4.79 Å². The van der Waals surface area contributed by atoms with Gasteiger partial charge in [-0.2, -0.15) is 5.10 Å². The second-order valence-corrected chi connectivity index (χ2v) is 7.95. The molecule has 8 nitrogen and oxygen atoms in total. The van der Waals surface area contributed by atoms with Gasteiger partial charge in [0.2, 0.25) is 0 Å². The summed E-state index contributed by atoms with van der Waals surface area (Å²) in [7, 11) is 0. The number of aromatic nitrogens is 2. The molecule has 0 aliphatic rings. The molecule has 0 aliphatic heterocycles. The van der Waals surface area contributed by atoms with E-state index in [0.717, 1.165) is 28.0 Å². The Morgan fingerprint density at radius 2 is 1.74 bits per heavy atom. The van der Waals surface area contributed by atoms with Gasteiger partial charge in [0, 0.05) is 11.9 Å². The van der Waals surface area contributed by atoms with Crippen LogP contribution in [-0.4, -0.2) is 34.0 Å². The Balaban J connectivity index is 1.30. The van der Waals surface area contributed by atoms with Gasteiger partial charge in [-0.15, -0.1) is 0 Å². The minimum Gasteiger partial charge on any atom is -0.484 e. The van der Waals surface area contributed by atoms with Gasteiger partial charge in [0.1, 0.15) is 17.1 Å². The standard InChI is InChI=1S/C26H25N5O3/c1-17-4-8-21(9-5-17)29-24(32)16-34-22-10-6-20(7-11-22)15-27-30-26(33)25-19(3)28-23-14-18(2)12-13-31(23)25/h4-15H,16H2,1-3H3,(H,29,32)(H,30,33)/b27-15-. The average Bonchev–Trinajstić information content (AvgIpc) is 3.14. The van der Waals surface area contributed by atoms with Crippen LogP contribution >= 0.6 is 0 Å². The molecule has 4 rings (SSSR count). The lowest BCUT2D eigenvalue weighted by molar-refractivity contribution is -0.118. The first-order chi connectivity index (χ1) is 16.4. The molecule has 0 saturated carbocycles. The highest BCUT2D eigenvalue weighted by molar-refractivity contribution is 5.95. The highest BCUT2D eigenvalue weighted by Gasteiger charge is 2.16.